The van der Waals surface area contributed by atoms with Gasteiger partial charge in [-0.3, -0.25) is 0 Å². The predicted octanol–water partition coefficient (Wildman–Crippen LogP) is 0.347. The number of ether oxygens (including phenoxy) is 1. The lowest BCUT2D eigenvalue weighted by atomic mass is 10.2. The van der Waals surface area contributed by atoms with E-state index in [4.69, 9.17) is 4.74 Å². The smallest absolute Gasteiger partial charge is 0.141 e. The molecule has 5 nitrogen and oxygen atoms in total. The zero-order valence-corrected chi connectivity index (χ0v) is 8.60. The summed E-state index contributed by atoms with van der Waals surface area (Å²) in [6.07, 6.45) is 1.61. The van der Waals surface area contributed by atoms with E-state index in [9.17, 15) is 0 Å². The van der Waals surface area contributed by atoms with Crippen LogP contribution in [0.5, 0.6) is 0 Å². The molecule has 2 rings (SSSR count). The van der Waals surface area contributed by atoms with E-state index >= 15 is 0 Å². The SMILES string of the molecule is CC(C)n1ncnc1CNC1COC1. The first-order valence-electron chi connectivity index (χ1n) is 4.97. The summed E-state index contributed by atoms with van der Waals surface area (Å²) in [5.41, 5.74) is 0. The van der Waals surface area contributed by atoms with E-state index in [0.29, 0.717) is 12.1 Å². The monoisotopic (exact) mass is 196 g/mol. The molecule has 0 amide bonds. The van der Waals surface area contributed by atoms with Crippen molar-refractivity contribution in [1.82, 2.24) is 20.1 Å². The van der Waals surface area contributed by atoms with Gasteiger partial charge in [-0.2, -0.15) is 5.10 Å². The zero-order chi connectivity index (χ0) is 9.97. The van der Waals surface area contributed by atoms with Crippen LogP contribution in [0.15, 0.2) is 6.33 Å². The molecule has 0 atom stereocenters. The summed E-state index contributed by atoms with van der Waals surface area (Å²) in [4.78, 5) is 4.22. The van der Waals surface area contributed by atoms with Gasteiger partial charge in [0.15, 0.2) is 0 Å². The van der Waals surface area contributed by atoms with Crippen LogP contribution in [0.4, 0.5) is 0 Å². The Bertz CT molecular complexity index is 293. The van der Waals surface area contributed by atoms with Gasteiger partial charge >= 0.3 is 0 Å². The molecule has 78 valence electrons. The molecule has 0 bridgehead atoms. The molecule has 0 radical (unpaired) electrons. The summed E-state index contributed by atoms with van der Waals surface area (Å²) in [5, 5.41) is 7.54. The van der Waals surface area contributed by atoms with Gasteiger partial charge in [-0.15, -0.1) is 0 Å². The van der Waals surface area contributed by atoms with Crippen molar-refractivity contribution in [2.75, 3.05) is 13.2 Å². The summed E-state index contributed by atoms with van der Waals surface area (Å²) >= 11 is 0. The number of rotatable bonds is 4. The lowest BCUT2D eigenvalue weighted by Crippen LogP contribution is -2.45. The molecule has 1 aliphatic heterocycles. The van der Waals surface area contributed by atoms with Crippen LogP contribution in [0.2, 0.25) is 0 Å². The first kappa shape index (κ1) is 9.61. The van der Waals surface area contributed by atoms with Gasteiger partial charge in [-0.1, -0.05) is 0 Å². The Balaban J connectivity index is 1.90. The fraction of sp³-hybridized carbons (Fsp3) is 0.778. The molecule has 1 aromatic rings. The van der Waals surface area contributed by atoms with Crippen molar-refractivity contribution in [2.45, 2.75) is 32.5 Å². The average Bonchev–Trinajstić information content (AvgIpc) is 2.49. The minimum Gasteiger partial charge on any atom is -0.378 e. The molecule has 0 aromatic carbocycles. The molecule has 5 heteroatoms. The number of hydrogen-bond acceptors (Lipinski definition) is 4. The lowest BCUT2D eigenvalue weighted by molar-refractivity contribution is -0.00621. The lowest BCUT2D eigenvalue weighted by Gasteiger charge is -2.26. The van der Waals surface area contributed by atoms with Crippen molar-refractivity contribution in [3.63, 3.8) is 0 Å². The minimum absolute atomic E-state index is 0.368. The third-order valence-electron chi connectivity index (χ3n) is 2.32. The number of nitrogens with zero attached hydrogens (tertiary/aromatic N) is 3. The van der Waals surface area contributed by atoms with E-state index in [1.165, 1.54) is 0 Å². The molecule has 14 heavy (non-hydrogen) atoms. The topological polar surface area (TPSA) is 52.0 Å². The summed E-state index contributed by atoms with van der Waals surface area (Å²) in [6.45, 7) is 6.60. The molecule has 1 aromatic heterocycles. The van der Waals surface area contributed by atoms with Crippen LogP contribution >= 0.6 is 0 Å². The maximum Gasteiger partial charge on any atom is 0.141 e. The summed E-state index contributed by atoms with van der Waals surface area (Å²) in [5.74, 6) is 0.993. The van der Waals surface area contributed by atoms with Crippen molar-refractivity contribution >= 4 is 0 Å². The summed E-state index contributed by atoms with van der Waals surface area (Å²) in [6, 6.07) is 0.860. The van der Waals surface area contributed by atoms with Gasteiger partial charge in [-0.25, -0.2) is 9.67 Å². The summed E-state index contributed by atoms with van der Waals surface area (Å²) < 4.78 is 7.01. The molecule has 0 saturated carbocycles. The van der Waals surface area contributed by atoms with E-state index in [-0.39, 0.29) is 0 Å². The average molecular weight is 196 g/mol. The van der Waals surface area contributed by atoms with Crippen molar-refractivity contribution < 1.29 is 4.74 Å². The second-order valence-electron chi connectivity index (χ2n) is 3.83. The second-order valence-corrected chi connectivity index (χ2v) is 3.83. The van der Waals surface area contributed by atoms with Gasteiger partial charge in [0.2, 0.25) is 0 Å². The van der Waals surface area contributed by atoms with Crippen LogP contribution in [0.3, 0.4) is 0 Å². The van der Waals surface area contributed by atoms with E-state index in [1.54, 1.807) is 6.33 Å². The second kappa shape index (κ2) is 4.06. The minimum atomic E-state index is 0.368. The molecule has 1 N–H and O–H groups in total. The molecular weight excluding hydrogens is 180 g/mol. The van der Waals surface area contributed by atoms with Gasteiger partial charge in [0.1, 0.15) is 12.2 Å². The largest absolute Gasteiger partial charge is 0.378 e. The number of hydrogen-bond donors (Lipinski definition) is 1. The van der Waals surface area contributed by atoms with E-state index in [2.05, 4.69) is 29.2 Å². The van der Waals surface area contributed by atoms with Crippen LogP contribution in [0.25, 0.3) is 0 Å². The van der Waals surface area contributed by atoms with Crippen LogP contribution in [-0.2, 0) is 11.3 Å². The standard InChI is InChI=1S/C9H16N4O/c1-7(2)13-9(11-6-12-13)3-10-8-4-14-5-8/h6-8,10H,3-5H2,1-2H3. The predicted molar refractivity (Wildman–Crippen MR) is 51.9 cm³/mol. The third-order valence-corrected chi connectivity index (χ3v) is 2.32. The fourth-order valence-corrected chi connectivity index (χ4v) is 1.42. The molecular formula is C9H16N4O. The highest BCUT2D eigenvalue weighted by Crippen LogP contribution is 2.06. The Kier molecular flexibility index (Phi) is 2.79. The first-order chi connectivity index (χ1) is 6.77. The van der Waals surface area contributed by atoms with Gasteiger partial charge in [0.25, 0.3) is 0 Å². The van der Waals surface area contributed by atoms with Crippen molar-refractivity contribution in [3.8, 4) is 0 Å². The van der Waals surface area contributed by atoms with Crippen LogP contribution in [0, 0.1) is 0 Å². The van der Waals surface area contributed by atoms with Gasteiger partial charge < -0.3 is 10.1 Å². The summed E-state index contributed by atoms with van der Waals surface area (Å²) in [7, 11) is 0. The fourth-order valence-electron chi connectivity index (χ4n) is 1.42. The van der Waals surface area contributed by atoms with Gasteiger partial charge in [0, 0.05) is 6.04 Å². The van der Waals surface area contributed by atoms with Crippen molar-refractivity contribution in [2.24, 2.45) is 0 Å². The molecule has 0 aliphatic carbocycles. The van der Waals surface area contributed by atoms with E-state index in [1.807, 2.05) is 4.68 Å². The Morgan fingerprint density at radius 1 is 1.64 bits per heavy atom. The molecule has 1 fully saturated rings. The van der Waals surface area contributed by atoms with Crippen molar-refractivity contribution in [1.29, 1.82) is 0 Å². The zero-order valence-electron chi connectivity index (χ0n) is 8.60. The van der Waals surface area contributed by atoms with E-state index in [0.717, 1.165) is 25.6 Å². The van der Waals surface area contributed by atoms with Crippen LogP contribution in [0.1, 0.15) is 25.7 Å². The number of nitrogens with one attached hydrogen (secondary N) is 1. The van der Waals surface area contributed by atoms with Gasteiger partial charge in [-0.05, 0) is 13.8 Å². The van der Waals surface area contributed by atoms with Crippen LogP contribution < -0.4 is 5.32 Å². The highest BCUT2D eigenvalue weighted by molar-refractivity contribution is 4.87. The van der Waals surface area contributed by atoms with Gasteiger partial charge in [0.05, 0.1) is 25.8 Å². The first-order valence-corrected chi connectivity index (χ1v) is 4.97. The quantitative estimate of drug-likeness (QED) is 0.755. The third kappa shape index (κ3) is 1.93. The molecule has 1 aliphatic rings. The number of aromatic nitrogens is 3. The Hall–Kier alpha value is -0.940. The normalized spacial score (nSPS) is 17.4. The van der Waals surface area contributed by atoms with Crippen molar-refractivity contribution in [3.05, 3.63) is 12.2 Å². The van der Waals surface area contributed by atoms with E-state index < -0.39 is 0 Å². The highest BCUT2D eigenvalue weighted by atomic mass is 16.5. The molecule has 2 heterocycles. The molecule has 0 unspecified atom stereocenters. The molecule has 1 saturated heterocycles. The Labute approximate surface area is 83.5 Å². The maximum atomic E-state index is 5.08. The highest BCUT2D eigenvalue weighted by Gasteiger charge is 2.18. The maximum absolute atomic E-state index is 5.08. The Morgan fingerprint density at radius 2 is 2.43 bits per heavy atom. The Morgan fingerprint density at radius 3 is 3.00 bits per heavy atom. The van der Waals surface area contributed by atoms with Crippen LogP contribution in [-0.4, -0.2) is 34.0 Å². The molecule has 0 spiro atoms.